The van der Waals surface area contributed by atoms with Gasteiger partial charge in [-0.05, 0) is 98.8 Å². The van der Waals surface area contributed by atoms with Crippen LogP contribution in [0.25, 0.3) is 22.6 Å². The van der Waals surface area contributed by atoms with Gasteiger partial charge in [-0.25, -0.2) is 24.0 Å². The molecule has 1 aliphatic rings. The van der Waals surface area contributed by atoms with E-state index in [1.54, 1.807) is 34.1 Å². The van der Waals surface area contributed by atoms with E-state index in [-0.39, 0.29) is 0 Å². The highest BCUT2D eigenvalue weighted by molar-refractivity contribution is 5.84. The molecule has 0 unspecified atom stereocenters. The molecule has 0 atom stereocenters. The van der Waals surface area contributed by atoms with E-state index in [2.05, 4.69) is 84.6 Å². The number of aromatic nitrogens is 11. The van der Waals surface area contributed by atoms with Crippen LogP contribution < -0.4 is 0 Å². The average molecular weight is 813 g/mol. The molecule has 0 N–H and O–H groups in total. The highest BCUT2D eigenvalue weighted by Gasteiger charge is 2.03. The van der Waals surface area contributed by atoms with Gasteiger partial charge in [0, 0.05) is 49.6 Å². The van der Waals surface area contributed by atoms with Gasteiger partial charge in [0.1, 0.15) is 18.3 Å². The molecule has 8 aromatic heterocycles. The summed E-state index contributed by atoms with van der Waals surface area (Å²) >= 11 is 0. The fourth-order valence-corrected chi connectivity index (χ4v) is 5.02. The van der Waals surface area contributed by atoms with Gasteiger partial charge in [0.15, 0.2) is 16.9 Å². The summed E-state index contributed by atoms with van der Waals surface area (Å²) in [6, 6.07) is 22.4. The predicted molar refractivity (Wildman–Crippen MR) is 252 cm³/mol. The molecule has 12 heteroatoms. The minimum absolute atomic E-state index is 0.871. The number of nitrogens with zero attached hydrogens (tertiary/aromatic N) is 12. The zero-order chi connectivity index (χ0) is 44.9. The summed E-state index contributed by atoms with van der Waals surface area (Å²) in [5.41, 5.74) is 12.3. The van der Waals surface area contributed by atoms with Crippen molar-refractivity contribution in [3.05, 3.63) is 162 Å². The molecule has 9 aromatic rings. The molecule has 10 rings (SSSR count). The highest BCUT2D eigenvalue weighted by atomic mass is 15.3. The van der Waals surface area contributed by atoms with E-state index in [9.17, 15) is 0 Å². The van der Waals surface area contributed by atoms with Crippen molar-refractivity contribution >= 4 is 28.8 Å². The molecule has 320 valence electrons. The molecule has 0 radical (unpaired) electrons. The van der Waals surface area contributed by atoms with Crippen LogP contribution in [0.1, 0.15) is 108 Å². The van der Waals surface area contributed by atoms with E-state index in [4.69, 9.17) is 0 Å². The second-order valence-electron chi connectivity index (χ2n) is 11.8. The Morgan fingerprint density at radius 2 is 1.10 bits per heavy atom. The standard InChI is InChI=1S/C9H9N.C8H8N2.3C7H7N3.5C2H6/c1-7-2-3-8-5-10-6-9(8)4-7;1-7-2-3-8-9-4-5-10(8)6-7;1-6-2-3-10-7(4-6)8-5-9-10;1-6-2-3-7-9-8-5-10(7)4-6;1-6-2-3-7-8-4-5-10(7)9-6;5*1-2/h2-4,6H,5H2,1H3;2-6H,1H3;3*2-5H,1H3;5*1-2H3. The first kappa shape index (κ1) is 51.5. The van der Waals surface area contributed by atoms with Crippen LogP contribution in [-0.2, 0) is 6.54 Å². The summed E-state index contributed by atoms with van der Waals surface area (Å²) in [7, 11) is 0. The van der Waals surface area contributed by atoms with Gasteiger partial charge in [0.05, 0.1) is 12.2 Å². The number of hydrogen-bond acceptors (Lipinski definition) is 8. The Morgan fingerprint density at radius 1 is 0.500 bits per heavy atom. The number of aliphatic imine (C=N–C) groups is 1. The Morgan fingerprint density at radius 3 is 1.82 bits per heavy atom. The Bertz CT molecular complexity index is 2210. The molecule has 0 saturated carbocycles. The second kappa shape index (κ2) is 29.6. The minimum Gasteiger partial charge on any atom is -0.307 e. The topological polar surface area (TPSA) is 120 Å². The summed E-state index contributed by atoms with van der Waals surface area (Å²) in [4.78, 5) is 16.4. The Kier molecular flexibility index (Phi) is 25.4. The van der Waals surface area contributed by atoms with Crippen molar-refractivity contribution in [1.29, 1.82) is 0 Å². The fourth-order valence-electron chi connectivity index (χ4n) is 5.02. The van der Waals surface area contributed by atoms with Gasteiger partial charge in [-0.3, -0.25) is 9.39 Å². The molecular formula is C48H68N12. The normalized spacial score (nSPS) is 9.78. The molecule has 1 aromatic carbocycles. The van der Waals surface area contributed by atoms with Gasteiger partial charge in [0.2, 0.25) is 0 Å². The third kappa shape index (κ3) is 16.7. The molecule has 0 spiro atoms. The first-order valence-electron chi connectivity index (χ1n) is 21.1. The van der Waals surface area contributed by atoms with Gasteiger partial charge in [-0.1, -0.05) is 105 Å². The zero-order valence-corrected chi connectivity index (χ0v) is 38.7. The van der Waals surface area contributed by atoms with E-state index in [0.29, 0.717) is 0 Å². The first-order chi connectivity index (χ1) is 29.3. The summed E-state index contributed by atoms with van der Waals surface area (Å²) in [6.45, 7) is 31.1. The van der Waals surface area contributed by atoms with Gasteiger partial charge >= 0.3 is 0 Å². The van der Waals surface area contributed by atoms with E-state index in [0.717, 1.165) is 34.8 Å². The van der Waals surface area contributed by atoms with Crippen molar-refractivity contribution in [1.82, 2.24) is 53.2 Å². The number of fused-ring (bicyclic) bond motifs is 5. The van der Waals surface area contributed by atoms with E-state index < -0.39 is 0 Å². The van der Waals surface area contributed by atoms with Crippen LogP contribution in [0.5, 0.6) is 0 Å². The fraction of sp³-hybridized carbons (Fsp3) is 0.333. The van der Waals surface area contributed by atoms with Crippen LogP contribution in [0.4, 0.5) is 0 Å². The average Bonchev–Trinajstić information content (AvgIpc) is 4.16. The monoisotopic (exact) mass is 813 g/mol. The first-order valence-corrected chi connectivity index (χ1v) is 21.1. The molecule has 60 heavy (non-hydrogen) atoms. The molecule has 12 nitrogen and oxygen atoms in total. The van der Waals surface area contributed by atoms with Gasteiger partial charge in [0.25, 0.3) is 0 Å². The van der Waals surface area contributed by atoms with Crippen molar-refractivity contribution in [2.75, 3.05) is 0 Å². The maximum atomic E-state index is 4.19. The Hall–Kier alpha value is -6.56. The van der Waals surface area contributed by atoms with E-state index in [1.165, 1.54) is 33.4 Å². The maximum Gasteiger partial charge on any atom is 0.160 e. The molecule has 0 fully saturated rings. The molecule has 0 amide bonds. The lowest BCUT2D eigenvalue weighted by Crippen LogP contribution is -1.91. The number of pyridine rings is 3. The van der Waals surface area contributed by atoms with E-state index in [1.807, 2.05) is 172 Å². The largest absolute Gasteiger partial charge is 0.307 e. The van der Waals surface area contributed by atoms with Gasteiger partial charge in [-0.15, -0.1) is 10.2 Å². The lowest BCUT2D eigenvalue weighted by molar-refractivity contribution is 0.901. The number of benzene rings is 1. The predicted octanol–water partition coefficient (Wildman–Crippen LogP) is 11.8. The molecule has 0 saturated heterocycles. The summed E-state index contributed by atoms with van der Waals surface area (Å²) in [5.74, 6) is 0. The maximum absolute atomic E-state index is 4.19. The van der Waals surface area contributed by atoms with Crippen LogP contribution in [0.3, 0.4) is 0 Å². The summed E-state index contributed by atoms with van der Waals surface area (Å²) < 4.78 is 7.41. The van der Waals surface area contributed by atoms with Crippen molar-refractivity contribution in [3.8, 4) is 0 Å². The minimum atomic E-state index is 0.871. The highest BCUT2D eigenvalue weighted by Crippen LogP contribution is 2.15. The molecule has 1 aliphatic heterocycles. The second-order valence-corrected chi connectivity index (χ2v) is 11.8. The van der Waals surface area contributed by atoms with Crippen LogP contribution in [0, 0.1) is 34.6 Å². The molecule has 9 heterocycles. The molecular weight excluding hydrogens is 745 g/mol. The number of rotatable bonds is 0. The number of hydrogen-bond donors (Lipinski definition) is 0. The van der Waals surface area contributed by atoms with Crippen LogP contribution in [0.2, 0.25) is 0 Å². The summed E-state index contributed by atoms with van der Waals surface area (Å²) in [5, 5.41) is 15.8. The van der Waals surface area contributed by atoms with Crippen molar-refractivity contribution in [2.24, 2.45) is 4.99 Å². The molecule has 0 aliphatic carbocycles. The van der Waals surface area contributed by atoms with Gasteiger partial charge in [-0.2, -0.15) is 10.2 Å². The third-order valence-electron chi connectivity index (χ3n) is 7.59. The van der Waals surface area contributed by atoms with Crippen LogP contribution >= 0.6 is 0 Å². The SMILES string of the molecule is CC.CC.CC.CC.CC.Cc1ccc2c(c1)C=NC2.Cc1ccc2nccn2c1.Cc1ccc2nccn2n1.Cc1ccc2nncn2c1.Cc1ccn2ncnc2c1. The third-order valence-corrected chi connectivity index (χ3v) is 7.59. The summed E-state index contributed by atoms with van der Waals surface area (Å²) in [6.07, 6.45) is 18.5. The van der Waals surface area contributed by atoms with Crippen LogP contribution in [0.15, 0.2) is 128 Å². The Labute approximate surface area is 358 Å². The van der Waals surface area contributed by atoms with Crippen molar-refractivity contribution < 1.29 is 0 Å². The number of aryl methyl sites for hydroxylation is 5. The van der Waals surface area contributed by atoms with Crippen molar-refractivity contribution in [3.63, 3.8) is 0 Å². The van der Waals surface area contributed by atoms with Crippen LogP contribution in [-0.4, -0.2) is 59.4 Å². The lowest BCUT2D eigenvalue weighted by Gasteiger charge is -1.96. The zero-order valence-electron chi connectivity index (χ0n) is 38.7. The molecule has 0 bridgehead atoms. The smallest absolute Gasteiger partial charge is 0.160 e. The number of imidazole rings is 2. The van der Waals surface area contributed by atoms with Crippen molar-refractivity contribution in [2.45, 2.75) is 110 Å². The lowest BCUT2D eigenvalue weighted by atomic mass is 10.1. The quantitative estimate of drug-likeness (QED) is 0.149. The van der Waals surface area contributed by atoms with E-state index >= 15 is 0 Å². The van der Waals surface area contributed by atoms with Gasteiger partial charge < -0.3 is 4.40 Å². The Balaban J connectivity index is 0.000000356.